The van der Waals surface area contributed by atoms with Crippen LogP contribution in [0.15, 0.2) is 12.1 Å². The largest absolute Gasteiger partial charge is 0.393 e. The van der Waals surface area contributed by atoms with E-state index in [1.54, 1.807) is 0 Å². The highest BCUT2D eigenvalue weighted by molar-refractivity contribution is 5.44. The smallest absolute Gasteiger partial charge is 0.136 e. The second-order valence-electron chi connectivity index (χ2n) is 8.71. The Bertz CT molecular complexity index is 562. The SMILES string of the molecule is CCc1ccc(CCCCN(CCC(N)C(C)(C)C)CC(F)CO)nc1NC. The van der Waals surface area contributed by atoms with E-state index in [-0.39, 0.29) is 18.0 Å². The molecule has 0 aromatic carbocycles. The van der Waals surface area contributed by atoms with E-state index in [0.717, 1.165) is 56.7 Å². The Balaban J connectivity index is 2.51. The number of anilines is 1. The number of nitrogens with one attached hydrogen (secondary N) is 1. The summed E-state index contributed by atoms with van der Waals surface area (Å²) < 4.78 is 13.7. The molecule has 162 valence electrons. The van der Waals surface area contributed by atoms with Crippen molar-refractivity contribution >= 4 is 5.82 Å². The van der Waals surface area contributed by atoms with Crippen LogP contribution in [0.25, 0.3) is 0 Å². The van der Waals surface area contributed by atoms with Crippen LogP contribution in [0.3, 0.4) is 0 Å². The summed E-state index contributed by atoms with van der Waals surface area (Å²) in [6.45, 7) is 9.92. The first kappa shape index (κ1) is 24.8. The minimum atomic E-state index is -1.20. The van der Waals surface area contributed by atoms with Gasteiger partial charge in [-0.1, -0.05) is 33.8 Å². The molecule has 0 bridgehead atoms. The molecule has 5 nitrogen and oxygen atoms in total. The van der Waals surface area contributed by atoms with Crippen molar-refractivity contribution in [3.8, 4) is 0 Å². The van der Waals surface area contributed by atoms with Gasteiger partial charge in [-0.15, -0.1) is 0 Å². The van der Waals surface area contributed by atoms with Crippen LogP contribution in [0.4, 0.5) is 10.2 Å². The molecule has 4 N–H and O–H groups in total. The highest BCUT2D eigenvalue weighted by atomic mass is 19.1. The average molecular weight is 397 g/mol. The van der Waals surface area contributed by atoms with Crippen molar-refractivity contribution < 1.29 is 9.50 Å². The molecule has 0 saturated carbocycles. The third-order valence-electron chi connectivity index (χ3n) is 5.33. The first-order chi connectivity index (χ1) is 13.2. The Morgan fingerprint density at radius 3 is 2.54 bits per heavy atom. The molecule has 0 saturated heterocycles. The molecule has 2 unspecified atom stereocenters. The van der Waals surface area contributed by atoms with Crippen molar-refractivity contribution in [3.05, 3.63) is 23.4 Å². The van der Waals surface area contributed by atoms with Crippen LogP contribution in [0, 0.1) is 5.41 Å². The van der Waals surface area contributed by atoms with E-state index < -0.39 is 12.8 Å². The van der Waals surface area contributed by atoms with Gasteiger partial charge in [0.1, 0.15) is 12.0 Å². The summed E-state index contributed by atoms with van der Waals surface area (Å²) in [5.41, 5.74) is 8.61. The average Bonchev–Trinajstić information content (AvgIpc) is 2.67. The molecule has 1 heterocycles. The normalized spacial score (nSPS) is 14.3. The van der Waals surface area contributed by atoms with Crippen LogP contribution in [-0.4, -0.2) is 60.5 Å². The van der Waals surface area contributed by atoms with Gasteiger partial charge in [-0.3, -0.25) is 0 Å². The highest BCUT2D eigenvalue weighted by Crippen LogP contribution is 2.20. The molecule has 0 aliphatic heterocycles. The second kappa shape index (κ2) is 12.3. The van der Waals surface area contributed by atoms with Crippen molar-refractivity contribution in [2.24, 2.45) is 11.1 Å². The quantitative estimate of drug-likeness (QED) is 0.446. The molecule has 1 aromatic rings. The molecule has 1 rings (SSSR count). The lowest BCUT2D eigenvalue weighted by Gasteiger charge is -2.30. The Labute approximate surface area is 170 Å². The fourth-order valence-electron chi connectivity index (χ4n) is 3.20. The molecule has 0 radical (unpaired) electrons. The molecule has 0 amide bonds. The van der Waals surface area contributed by atoms with Gasteiger partial charge in [0.05, 0.1) is 6.61 Å². The van der Waals surface area contributed by atoms with Gasteiger partial charge in [-0.25, -0.2) is 9.37 Å². The summed E-state index contributed by atoms with van der Waals surface area (Å²) in [5.74, 6) is 0.959. The number of rotatable bonds is 13. The number of hydrogen-bond acceptors (Lipinski definition) is 5. The highest BCUT2D eigenvalue weighted by Gasteiger charge is 2.22. The van der Waals surface area contributed by atoms with Crippen molar-refractivity contribution in [1.29, 1.82) is 0 Å². The van der Waals surface area contributed by atoms with Gasteiger partial charge in [0.15, 0.2) is 0 Å². The summed E-state index contributed by atoms with van der Waals surface area (Å²) in [6, 6.07) is 4.32. The van der Waals surface area contributed by atoms with E-state index in [9.17, 15) is 4.39 Å². The zero-order valence-corrected chi connectivity index (χ0v) is 18.5. The van der Waals surface area contributed by atoms with E-state index in [2.05, 4.69) is 50.0 Å². The molecule has 28 heavy (non-hydrogen) atoms. The molecule has 0 spiro atoms. The van der Waals surface area contributed by atoms with E-state index >= 15 is 0 Å². The monoisotopic (exact) mass is 396 g/mol. The predicted octanol–water partition coefficient (Wildman–Crippen LogP) is 3.40. The molecular formula is C22H41FN4O. The Morgan fingerprint density at radius 2 is 1.96 bits per heavy atom. The van der Waals surface area contributed by atoms with Crippen molar-refractivity contribution in [3.63, 3.8) is 0 Å². The maximum Gasteiger partial charge on any atom is 0.136 e. The Hall–Kier alpha value is -1.24. The third-order valence-corrected chi connectivity index (χ3v) is 5.33. The number of nitrogens with two attached hydrogens (primary N) is 1. The number of aliphatic hydroxyl groups excluding tert-OH is 1. The summed E-state index contributed by atoms with van der Waals surface area (Å²) in [4.78, 5) is 6.79. The van der Waals surface area contributed by atoms with E-state index in [1.807, 2.05) is 7.05 Å². The molecule has 1 aromatic heterocycles. The molecule has 0 aliphatic carbocycles. The van der Waals surface area contributed by atoms with Crippen LogP contribution in [0.5, 0.6) is 0 Å². The summed E-state index contributed by atoms with van der Waals surface area (Å²) >= 11 is 0. The number of aryl methyl sites for hydroxylation is 2. The molecule has 6 heteroatoms. The summed E-state index contributed by atoms with van der Waals surface area (Å²) in [5, 5.41) is 12.2. The van der Waals surface area contributed by atoms with Crippen molar-refractivity contribution in [2.75, 3.05) is 38.6 Å². The lowest BCUT2D eigenvalue weighted by Crippen LogP contribution is -2.41. The molecule has 0 aliphatic rings. The van der Waals surface area contributed by atoms with Crippen LogP contribution < -0.4 is 11.1 Å². The third kappa shape index (κ3) is 8.84. The van der Waals surface area contributed by atoms with E-state index in [4.69, 9.17) is 15.8 Å². The van der Waals surface area contributed by atoms with Gasteiger partial charge in [-0.2, -0.15) is 0 Å². The molecule has 0 fully saturated rings. The number of nitrogens with zero attached hydrogens (tertiary/aromatic N) is 2. The van der Waals surface area contributed by atoms with E-state index in [1.165, 1.54) is 5.56 Å². The number of aromatic nitrogens is 1. The zero-order valence-electron chi connectivity index (χ0n) is 18.5. The topological polar surface area (TPSA) is 74.4 Å². The predicted molar refractivity (Wildman–Crippen MR) is 117 cm³/mol. The minimum Gasteiger partial charge on any atom is -0.393 e. The molecule has 2 atom stereocenters. The van der Waals surface area contributed by atoms with Gasteiger partial charge in [0.2, 0.25) is 0 Å². The summed E-state index contributed by atoms with van der Waals surface area (Å²) in [7, 11) is 1.90. The number of alkyl halides is 1. The van der Waals surface area contributed by atoms with Gasteiger partial charge in [0, 0.05) is 25.3 Å². The number of hydrogen-bond donors (Lipinski definition) is 3. The fourth-order valence-corrected chi connectivity index (χ4v) is 3.20. The summed E-state index contributed by atoms with van der Waals surface area (Å²) in [6.07, 6.45) is 3.46. The van der Waals surface area contributed by atoms with Crippen molar-refractivity contribution in [2.45, 2.75) is 72.0 Å². The maximum absolute atomic E-state index is 13.7. The van der Waals surface area contributed by atoms with Gasteiger partial charge < -0.3 is 21.1 Å². The van der Waals surface area contributed by atoms with E-state index in [0.29, 0.717) is 0 Å². The van der Waals surface area contributed by atoms with Crippen LogP contribution in [0.1, 0.15) is 58.2 Å². The second-order valence-corrected chi connectivity index (χ2v) is 8.71. The zero-order chi connectivity index (χ0) is 21.2. The van der Waals surface area contributed by atoms with Crippen LogP contribution in [-0.2, 0) is 12.8 Å². The minimum absolute atomic E-state index is 0.0408. The Kier molecular flexibility index (Phi) is 10.9. The maximum atomic E-state index is 13.7. The van der Waals surface area contributed by atoms with Gasteiger partial charge >= 0.3 is 0 Å². The molecular weight excluding hydrogens is 355 g/mol. The Morgan fingerprint density at radius 1 is 1.25 bits per heavy atom. The number of aliphatic hydroxyl groups is 1. The fraction of sp³-hybridized carbons (Fsp3) is 0.773. The van der Waals surface area contributed by atoms with Crippen molar-refractivity contribution in [1.82, 2.24) is 9.88 Å². The lowest BCUT2D eigenvalue weighted by atomic mass is 9.85. The number of unbranched alkanes of at least 4 members (excludes halogenated alkanes) is 1. The number of pyridine rings is 1. The van der Waals surface area contributed by atoms with Crippen LogP contribution >= 0.6 is 0 Å². The van der Waals surface area contributed by atoms with Crippen LogP contribution in [0.2, 0.25) is 0 Å². The first-order valence-corrected chi connectivity index (χ1v) is 10.6. The van der Waals surface area contributed by atoms with Gasteiger partial charge in [-0.05, 0) is 62.2 Å². The van der Waals surface area contributed by atoms with Gasteiger partial charge in [0.25, 0.3) is 0 Å². The lowest BCUT2D eigenvalue weighted by molar-refractivity contribution is 0.120. The standard InChI is InChI=1S/C22H41FN4O/c1-6-17-10-11-19(26-21(17)25-5)9-7-8-13-27(15-18(23)16-28)14-12-20(24)22(2,3)4/h10-11,18,20,28H,6-9,12-16,24H2,1-5H3,(H,25,26). The number of halogens is 1. The first-order valence-electron chi connectivity index (χ1n) is 10.6.